The summed E-state index contributed by atoms with van der Waals surface area (Å²) in [5, 5.41) is 3.59. The predicted molar refractivity (Wildman–Crippen MR) is 69.2 cm³/mol. The summed E-state index contributed by atoms with van der Waals surface area (Å²) in [5.74, 6) is 0. The lowest BCUT2D eigenvalue weighted by atomic mass is 9.93. The Morgan fingerprint density at radius 2 is 2.38 bits per heavy atom. The van der Waals surface area contributed by atoms with Crippen LogP contribution in [0.1, 0.15) is 30.6 Å². The van der Waals surface area contributed by atoms with Crippen LogP contribution in [0.2, 0.25) is 4.34 Å². The maximum absolute atomic E-state index is 5.90. The second kappa shape index (κ2) is 6.01. The molecule has 2 nitrogen and oxygen atoms in total. The van der Waals surface area contributed by atoms with Crippen molar-refractivity contribution in [2.24, 2.45) is 0 Å². The van der Waals surface area contributed by atoms with Crippen LogP contribution < -0.4 is 5.32 Å². The minimum Gasteiger partial charge on any atom is -0.381 e. The van der Waals surface area contributed by atoms with Gasteiger partial charge in [0.25, 0.3) is 0 Å². The van der Waals surface area contributed by atoms with Crippen LogP contribution in [0.15, 0.2) is 12.1 Å². The first kappa shape index (κ1) is 12.4. The lowest BCUT2D eigenvalue weighted by molar-refractivity contribution is 0.0586. The third-order valence-corrected chi connectivity index (χ3v) is 4.38. The van der Waals surface area contributed by atoms with Crippen molar-refractivity contribution in [2.45, 2.75) is 44.4 Å². The molecular formula is C12H18ClNOS. The van der Waals surface area contributed by atoms with Gasteiger partial charge in [-0.3, -0.25) is 0 Å². The summed E-state index contributed by atoms with van der Waals surface area (Å²) in [5.41, 5.74) is 0. The zero-order valence-electron chi connectivity index (χ0n) is 9.54. The Kier molecular flexibility index (Phi) is 4.65. The van der Waals surface area contributed by atoms with E-state index in [0.29, 0.717) is 12.1 Å². The van der Waals surface area contributed by atoms with Crippen LogP contribution in [0.3, 0.4) is 0 Å². The molecule has 0 bridgehead atoms. The summed E-state index contributed by atoms with van der Waals surface area (Å²) < 4.78 is 6.29. The molecule has 1 N–H and O–H groups in total. The van der Waals surface area contributed by atoms with Gasteiger partial charge < -0.3 is 10.1 Å². The fourth-order valence-electron chi connectivity index (χ4n) is 2.24. The highest BCUT2D eigenvalue weighted by Crippen LogP contribution is 2.23. The predicted octanol–water partition coefficient (Wildman–Crippen LogP) is 3.45. The first-order valence-corrected chi connectivity index (χ1v) is 6.98. The van der Waals surface area contributed by atoms with E-state index in [1.807, 2.05) is 13.2 Å². The maximum Gasteiger partial charge on any atom is 0.0931 e. The van der Waals surface area contributed by atoms with Crippen molar-refractivity contribution >= 4 is 22.9 Å². The van der Waals surface area contributed by atoms with Crippen molar-refractivity contribution in [3.05, 3.63) is 21.3 Å². The van der Waals surface area contributed by atoms with Crippen LogP contribution in [0.4, 0.5) is 0 Å². The molecule has 1 aliphatic carbocycles. The fourth-order valence-corrected chi connectivity index (χ4v) is 3.27. The first-order valence-electron chi connectivity index (χ1n) is 5.78. The number of hydrogen-bond donors (Lipinski definition) is 1. The molecule has 0 aromatic carbocycles. The normalized spacial score (nSPS) is 25.9. The minimum atomic E-state index is 0.443. The lowest BCUT2D eigenvalue weighted by Gasteiger charge is -2.28. The molecule has 0 saturated heterocycles. The molecule has 1 heterocycles. The number of thiophene rings is 1. The molecule has 90 valence electrons. The largest absolute Gasteiger partial charge is 0.381 e. The molecule has 0 spiro atoms. The summed E-state index contributed by atoms with van der Waals surface area (Å²) >= 11 is 7.55. The molecule has 0 amide bonds. The van der Waals surface area contributed by atoms with Gasteiger partial charge in [-0.25, -0.2) is 0 Å². The van der Waals surface area contributed by atoms with Gasteiger partial charge in [0, 0.05) is 24.6 Å². The van der Waals surface area contributed by atoms with E-state index in [1.54, 1.807) is 11.3 Å². The van der Waals surface area contributed by atoms with Gasteiger partial charge >= 0.3 is 0 Å². The van der Waals surface area contributed by atoms with Crippen molar-refractivity contribution in [1.29, 1.82) is 0 Å². The molecule has 1 aromatic rings. The molecule has 2 unspecified atom stereocenters. The summed E-state index contributed by atoms with van der Waals surface area (Å²) in [4.78, 5) is 1.31. The van der Waals surface area contributed by atoms with Gasteiger partial charge in [0.1, 0.15) is 0 Å². The number of nitrogens with one attached hydrogen (secondary N) is 1. The highest BCUT2D eigenvalue weighted by molar-refractivity contribution is 7.16. The zero-order chi connectivity index (χ0) is 11.4. The smallest absolute Gasteiger partial charge is 0.0931 e. The molecule has 1 fully saturated rings. The average molecular weight is 260 g/mol. The molecule has 0 radical (unpaired) electrons. The lowest BCUT2D eigenvalue weighted by Crippen LogP contribution is -2.36. The molecule has 1 aliphatic rings. The summed E-state index contributed by atoms with van der Waals surface area (Å²) in [6.07, 6.45) is 5.31. The molecule has 1 aromatic heterocycles. The van der Waals surface area contributed by atoms with Crippen LogP contribution >= 0.6 is 22.9 Å². The van der Waals surface area contributed by atoms with E-state index in [1.165, 1.54) is 24.1 Å². The van der Waals surface area contributed by atoms with Gasteiger partial charge in [-0.15, -0.1) is 11.3 Å². The Labute approximate surface area is 106 Å². The minimum absolute atomic E-state index is 0.443. The number of ether oxygens (including phenoxy) is 1. The number of rotatable bonds is 4. The van der Waals surface area contributed by atoms with E-state index in [9.17, 15) is 0 Å². The summed E-state index contributed by atoms with van der Waals surface area (Å²) in [6.45, 7) is 0.929. The second-order valence-electron chi connectivity index (χ2n) is 4.31. The second-order valence-corrected chi connectivity index (χ2v) is 6.11. The van der Waals surface area contributed by atoms with Crippen LogP contribution in [-0.2, 0) is 11.3 Å². The number of hydrogen-bond acceptors (Lipinski definition) is 3. The zero-order valence-corrected chi connectivity index (χ0v) is 11.1. The number of halogens is 1. The SMILES string of the molecule is COC1CCCC(NCc2ccc(Cl)s2)C1. The Morgan fingerprint density at radius 1 is 1.50 bits per heavy atom. The monoisotopic (exact) mass is 259 g/mol. The standard InChI is InChI=1S/C12H18ClNOS/c1-15-10-4-2-3-9(7-10)14-8-11-5-6-12(13)16-11/h5-6,9-10,14H,2-4,7-8H2,1H3. The Morgan fingerprint density at radius 3 is 3.06 bits per heavy atom. The molecule has 1 saturated carbocycles. The Balaban J connectivity index is 1.77. The van der Waals surface area contributed by atoms with E-state index in [2.05, 4.69) is 11.4 Å². The van der Waals surface area contributed by atoms with Crippen molar-refractivity contribution in [2.75, 3.05) is 7.11 Å². The highest BCUT2D eigenvalue weighted by Gasteiger charge is 2.21. The van der Waals surface area contributed by atoms with Crippen LogP contribution in [0, 0.1) is 0 Å². The van der Waals surface area contributed by atoms with Gasteiger partial charge in [-0.05, 0) is 37.8 Å². The molecule has 0 aliphatic heterocycles. The van der Waals surface area contributed by atoms with E-state index in [4.69, 9.17) is 16.3 Å². The van der Waals surface area contributed by atoms with Crippen molar-refractivity contribution in [1.82, 2.24) is 5.32 Å². The third-order valence-electron chi connectivity index (χ3n) is 3.15. The Hall–Kier alpha value is -0.0900. The first-order chi connectivity index (χ1) is 7.78. The van der Waals surface area contributed by atoms with Gasteiger partial charge in [0.05, 0.1) is 10.4 Å². The van der Waals surface area contributed by atoms with E-state index in [-0.39, 0.29) is 0 Å². The van der Waals surface area contributed by atoms with Gasteiger partial charge in [0.15, 0.2) is 0 Å². The maximum atomic E-state index is 5.90. The van der Waals surface area contributed by atoms with Crippen LogP contribution in [0.5, 0.6) is 0 Å². The van der Waals surface area contributed by atoms with Crippen molar-refractivity contribution in [3.63, 3.8) is 0 Å². The molecule has 4 heteroatoms. The Bertz CT molecular complexity index is 329. The van der Waals surface area contributed by atoms with E-state index < -0.39 is 0 Å². The van der Waals surface area contributed by atoms with Gasteiger partial charge in [-0.1, -0.05) is 11.6 Å². The molecule has 16 heavy (non-hydrogen) atoms. The van der Waals surface area contributed by atoms with Gasteiger partial charge in [0.2, 0.25) is 0 Å². The molecular weight excluding hydrogens is 242 g/mol. The van der Waals surface area contributed by atoms with E-state index in [0.717, 1.165) is 17.3 Å². The summed E-state index contributed by atoms with van der Waals surface area (Å²) in [6, 6.07) is 4.65. The highest BCUT2D eigenvalue weighted by atomic mass is 35.5. The van der Waals surface area contributed by atoms with Gasteiger partial charge in [-0.2, -0.15) is 0 Å². The number of methoxy groups -OCH3 is 1. The van der Waals surface area contributed by atoms with Crippen molar-refractivity contribution < 1.29 is 4.74 Å². The quantitative estimate of drug-likeness (QED) is 0.894. The van der Waals surface area contributed by atoms with Crippen LogP contribution in [0.25, 0.3) is 0 Å². The average Bonchev–Trinajstić information content (AvgIpc) is 2.73. The topological polar surface area (TPSA) is 21.3 Å². The third kappa shape index (κ3) is 3.45. The molecule has 2 rings (SSSR count). The molecule has 2 atom stereocenters. The fraction of sp³-hybridized carbons (Fsp3) is 0.667. The summed E-state index contributed by atoms with van der Waals surface area (Å²) in [7, 11) is 1.81. The van der Waals surface area contributed by atoms with E-state index >= 15 is 0 Å². The van der Waals surface area contributed by atoms with Crippen LogP contribution in [-0.4, -0.2) is 19.3 Å². The van der Waals surface area contributed by atoms with Crippen molar-refractivity contribution in [3.8, 4) is 0 Å².